The summed E-state index contributed by atoms with van der Waals surface area (Å²) in [5.74, 6) is 0. The van der Waals surface area contributed by atoms with Gasteiger partial charge < -0.3 is 9.31 Å². The van der Waals surface area contributed by atoms with E-state index in [1.165, 1.54) is 0 Å². The highest BCUT2D eigenvalue weighted by Gasteiger charge is 2.51. The van der Waals surface area contributed by atoms with Crippen molar-refractivity contribution in [2.45, 2.75) is 38.9 Å². The Labute approximate surface area is 137 Å². The Balaban J connectivity index is 2.03. The van der Waals surface area contributed by atoms with Gasteiger partial charge in [-0.2, -0.15) is 5.26 Å². The molecule has 1 fully saturated rings. The molecule has 1 aliphatic heterocycles. The molecule has 2 aromatic rings. The first-order valence-corrected chi connectivity index (χ1v) is 7.64. The zero-order valence-electron chi connectivity index (χ0n) is 13.8. The second-order valence-corrected chi connectivity index (χ2v) is 6.76. The van der Waals surface area contributed by atoms with Crippen molar-refractivity contribution in [1.82, 2.24) is 4.98 Å². The van der Waals surface area contributed by atoms with Crippen molar-refractivity contribution in [2.75, 3.05) is 0 Å². The first-order chi connectivity index (χ1) is 10.8. The molecule has 0 N–H and O–H groups in total. The van der Waals surface area contributed by atoms with Gasteiger partial charge in [-0.15, -0.1) is 0 Å². The highest BCUT2D eigenvalue weighted by molar-refractivity contribution is 6.62. The van der Waals surface area contributed by atoms with Gasteiger partial charge in [-0.25, -0.2) is 0 Å². The number of hydrogen-bond donors (Lipinski definition) is 0. The molecule has 5 heteroatoms. The summed E-state index contributed by atoms with van der Waals surface area (Å²) in [7, 11) is -0.490. The van der Waals surface area contributed by atoms with Crippen LogP contribution in [0.1, 0.15) is 33.3 Å². The van der Waals surface area contributed by atoms with Crippen LogP contribution in [0.15, 0.2) is 42.6 Å². The summed E-state index contributed by atoms with van der Waals surface area (Å²) in [6.07, 6.45) is 1.74. The average molecular weight is 306 g/mol. The largest absolute Gasteiger partial charge is 0.494 e. The fraction of sp³-hybridized carbons (Fsp3) is 0.333. The maximum Gasteiger partial charge on any atom is 0.494 e. The molecule has 2 heterocycles. The minimum Gasteiger partial charge on any atom is -0.399 e. The first-order valence-electron chi connectivity index (χ1n) is 7.64. The SMILES string of the molecule is CC1(C)OB(c2cc(C#N)cc(-c3ccccn3)c2)OC1(C)C. The number of rotatable bonds is 2. The van der Waals surface area contributed by atoms with Crippen LogP contribution in [-0.2, 0) is 9.31 Å². The number of benzene rings is 1. The molecule has 1 saturated heterocycles. The van der Waals surface area contributed by atoms with Crippen molar-refractivity contribution in [2.24, 2.45) is 0 Å². The van der Waals surface area contributed by atoms with E-state index in [1.807, 2.05) is 64.1 Å². The summed E-state index contributed by atoms with van der Waals surface area (Å²) in [5.41, 5.74) is 2.29. The van der Waals surface area contributed by atoms with Crippen molar-refractivity contribution in [1.29, 1.82) is 5.26 Å². The predicted molar refractivity (Wildman–Crippen MR) is 90.1 cm³/mol. The Morgan fingerprint density at radius 3 is 2.30 bits per heavy atom. The van der Waals surface area contributed by atoms with E-state index in [2.05, 4.69) is 11.1 Å². The van der Waals surface area contributed by atoms with Crippen molar-refractivity contribution >= 4 is 12.6 Å². The summed E-state index contributed by atoms with van der Waals surface area (Å²) in [4.78, 5) is 4.36. The molecule has 4 nitrogen and oxygen atoms in total. The molecule has 3 rings (SSSR count). The number of pyridine rings is 1. The van der Waals surface area contributed by atoms with Crippen LogP contribution < -0.4 is 5.46 Å². The van der Waals surface area contributed by atoms with Crippen LogP contribution in [0.4, 0.5) is 0 Å². The molecule has 23 heavy (non-hydrogen) atoms. The van der Waals surface area contributed by atoms with Gasteiger partial charge in [0.05, 0.1) is 28.5 Å². The molecule has 0 radical (unpaired) electrons. The van der Waals surface area contributed by atoms with E-state index in [-0.39, 0.29) is 0 Å². The van der Waals surface area contributed by atoms with Crippen molar-refractivity contribution in [3.63, 3.8) is 0 Å². The molecule has 0 aliphatic carbocycles. The van der Waals surface area contributed by atoms with E-state index in [0.717, 1.165) is 16.7 Å². The smallest absolute Gasteiger partial charge is 0.399 e. The molecule has 0 bridgehead atoms. The Hall–Kier alpha value is -2.16. The van der Waals surface area contributed by atoms with Crippen molar-refractivity contribution in [3.05, 3.63) is 48.2 Å². The number of nitrogens with zero attached hydrogens (tertiary/aromatic N) is 2. The van der Waals surface area contributed by atoms with Crippen LogP contribution in [0.5, 0.6) is 0 Å². The van der Waals surface area contributed by atoms with Gasteiger partial charge in [0.15, 0.2) is 0 Å². The molecule has 0 unspecified atom stereocenters. The molecule has 1 aliphatic rings. The van der Waals surface area contributed by atoms with Gasteiger partial charge in [-0.05, 0) is 57.4 Å². The number of nitriles is 1. The van der Waals surface area contributed by atoms with Gasteiger partial charge >= 0.3 is 7.12 Å². The second kappa shape index (κ2) is 5.49. The second-order valence-electron chi connectivity index (χ2n) is 6.76. The van der Waals surface area contributed by atoms with Crippen LogP contribution in [0.3, 0.4) is 0 Å². The van der Waals surface area contributed by atoms with Gasteiger partial charge in [0.1, 0.15) is 0 Å². The quantitative estimate of drug-likeness (QED) is 0.801. The van der Waals surface area contributed by atoms with Gasteiger partial charge in [-0.3, -0.25) is 4.98 Å². The molecule has 1 aromatic carbocycles. The molecular weight excluding hydrogens is 287 g/mol. The zero-order valence-corrected chi connectivity index (χ0v) is 13.8. The van der Waals surface area contributed by atoms with Crippen LogP contribution in [-0.4, -0.2) is 23.3 Å². The predicted octanol–water partition coefficient (Wildman–Crippen LogP) is 2.92. The Bertz CT molecular complexity index is 750. The van der Waals surface area contributed by atoms with Crippen molar-refractivity contribution in [3.8, 4) is 17.3 Å². The third kappa shape index (κ3) is 2.88. The lowest BCUT2D eigenvalue weighted by Crippen LogP contribution is -2.41. The summed E-state index contributed by atoms with van der Waals surface area (Å²) in [6.45, 7) is 8.06. The third-order valence-corrected chi connectivity index (χ3v) is 4.57. The molecule has 0 saturated carbocycles. The fourth-order valence-corrected chi connectivity index (χ4v) is 2.51. The highest BCUT2D eigenvalue weighted by atomic mass is 16.7. The molecule has 0 atom stereocenters. The van der Waals surface area contributed by atoms with E-state index in [4.69, 9.17) is 9.31 Å². The standard InChI is InChI=1S/C18H19BN2O2/c1-17(2)18(3,4)23-19(22-17)15-10-13(12-20)9-14(11-15)16-7-5-6-8-21-16/h5-11H,1-4H3. The van der Waals surface area contributed by atoms with Gasteiger partial charge in [0.25, 0.3) is 0 Å². The monoisotopic (exact) mass is 306 g/mol. The summed E-state index contributed by atoms with van der Waals surface area (Å²) in [5, 5.41) is 9.33. The molecular formula is C18H19BN2O2. The van der Waals surface area contributed by atoms with E-state index in [9.17, 15) is 5.26 Å². The Morgan fingerprint density at radius 1 is 1.04 bits per heavy atom. The lowest BCUT2D eigenvalue weighted by atomic mass is 9.77. The van der Waals surface area contributed by atoms with E-state index in [0.29, 0.717) is 5.56 Å². The topological polar surface area (TPSA) is 55.1 Å². The minimum absolute atomic E-state index is 0.411. The zero-order chi connectivity index (χ0) is 16.7. The van der Waals surface area contributed by atoms with Gasteiger partial charge in [-0.1, -0.05) is 12.1 Å². The number of hydrogen-bond acceptors (Lipinski definition) is 4. The van der Waals surface area contributed by atoms with Crippen LogP contribution >= 0.6 is 0 Å². The number of aromatic nitrogens is 1. The minimum atomic E-state index is -0.490. The van der Waals surface area contributed by atoms with Crippen molar-refractivity contribution < 1.29 is 9.31 Å². The lowest BCUT2D eigenvalue weighted by molar-refractivity contribution is 0.00578. The van der Waals surface area contributed by atoms with Gasteiger partial charge in [0.2, 0.25) is 0 Å². The Morgan fingerprint density at radius 2 is 1.74 bits per heavy atom. The molecule has 1 aromatic heterocycles. The molecule has 0 spiro atoms. The fourth-order valence-electron chi connectivity index (χ4n) is 2.51. The molecule has 0 amide bonds. The van der Waals surface area contributed by atoms with E-state index < -0.39 is 18.3 Å². The van der Waals surface area contributed by atoms with Gasteiger partial charge in [0, 0.05) is 11.8 Å². The van der Waals surface area contributed by atoms with Crippen LogP contribution in [0, 0.1) is 11.3 Å². The third-order valence-electron chi connectivity index (χ3n) is 4.57. The Kier molecular flexibility index (Phi) is 3.75. The highest BCUT2D eigenvalue weighted by Crippen LogP contribution is 2.36. The van der Waals surface area contributed by atoms with E-state index in [1.54, 1.807) is 6.20 Å². The molecule has 116 valence electrons. The lowest BCUT2D eigenvalue weighted by Gasteiger charge is -2.32. The maximum atomic E-state index is 9.33. The summed E-state index contributed by atoms with van der Waals surface area (Å²) >= 11 is 0. The van der Waals surface area contributed by atoms with Crippen LogP contribution in [0.2, 0.25) is 0 Å². The normalized spacial score (nSPS) is 18.7. The summed E-state index contributed by atoms with van der Waals surface area (Å²) in [6, 6.07) is 13.5. The first kappa shape index (κ1) is 15.7. The summed E-state index contributed by atoms with van der Waals surface area (Å²) < 4.78 is 12.2. The maximum absolute atomic E-state index is 9.33. The average Bonchev–Trinajstić information content (AvgIpc) is 2.76. The van der Waals surface area contributed by atoms with Crippen LogP contribution in [0.25, 0.3) is 11.3 Å². The van der Waals surface area contributed by atoms with E-state index >= 15 is 0 Å².